The van der Waals surface area contributed by atoms with Crippen molar-refractivity contribution < 1.29 is 9.53 Å². The largest absolute Gasteiger partial charge is 0.497 e. The highest BCUT2D eigenvalue weighted by Crippen LogP contribution is 2.27. The van der Waals surface area contributed by atoms with E-state index in [0.717, 1.165) is 17.2 Å². The molecule has 1 N–H and O–H groups in total. The molecule has 4 nitrogen and oxygen atoms in total. The van der Waals surface area contributed by atoms with Crippen LogP contribution in [0.4, 0.5) is 0 Å². The Bertz CT molecular complexity index is 553. The molecule has 0 aliphatic carbocycles. The fourth-order valence-corrected chi connectivity index (χ4v) is 3.90. The molecule has 0 aromatic heterocycles. The van der Waals surface area contributed by atoms with Crippen molar-refractivity contribution >= 4 is 17.7 Å². The molecular weight excluding hydrogens is 296 g/mol. The molecule has 1 unspecified atom stereocenters. The van der Waals surface area contributed by atoms with Crippen LogP contribution in [0.5, 0.6) is 5.75 Å². The van der Waals surface area contributed by atoms with Gasteiger partial charge in [0.25, 0.3) is 0 Å². The Hall–Kier alpha value is -1.46. The minimum atomic E-state index is 0.00847. The average Bonchev–Trinajstić information content (AvgIpc) is 2.56. The van der Waals surface area contributed by atoms with Gasteiger partial charge in [0, 0.05) is 23.6 Å². The molecule has 3 aliphatic rings. The van der Waals surface area contributed by atoms with Crippen LogP contribution in [-0.4, -0.2) is 43.6 Å². The molecule has 3 aliphatic heterocycles. The molecule has 0 saturated carbocycles. The zero-order valence-electron chi connectivity index (χ0n) is 12.8. The molecule has 22 heavy (non-hydrogen) atoms. The monoisotopic (exact) mass is 318 g/mol. The Balaban J connectivity index is 1.49. The molecule has 3 heterocycles. The van der Waals surface area contributed by atoms with Crippen LogP contribution in [0.25, 0.3) is 0 Å². The van der Waals surface area contributed by atoms with E-state index in [4.69, 9.17) is 4.74 Å². The Morgan fingerprint density at radius 1 is 1.41 bits per heavy atom. The lowest BCUT2D eigenvalue weighted by Gasteiger charge is -2.44. The van der Waals surface area contributed by atoms with Crippen LogP contribution < -0.4 is 10.1 Å². The molecule has 2 bridgehead atoms. The lowest BCUT2D eigenvalue weighted by Crippen LogP contribution is -2.57. The Morgan fingerprint density at radius 2 is 2.23 bits per heavy atom. The first-order valence-corrected chi connectivity index (χ1v) is 8.62. The van der Waals surface area contributed by atoms with E-state index in [1.54, 1.807) is 13.2 Å². The molecule has 5 heteroatoms. The number of hydrogen-bond acceptors (Lipinski definition) is 4. The van der Waals surface area contributed by atoms with E-state index in [2.05, 4.69) is 10.2 Å². The summed E-state index contributed by atoms with van der Waals surface area (Å²) in [6.07, 6.45) is 4.06. The second-order valence-corrected chi connectivity index (χ2v) is 6.83. The summed E-state index contributed by atoms with van der Waals surface area (Å²) in [5, 5.41) is 4.99. The number of fused-ring (bicyclic) bond motifs is 3. The summed E-state index contributed by atoms with van der Waals surface area (Å²) in [7, 11) is 1.65. The van der Waals surface area contributed by atoms with Crippen LogP contribution in [-0.2, 0) is 4.79 Å². The molecule has 4 rings (SSSR count). The first-order chi connectivity index (χ1) is 10.7. The van der Waals surface area contributed by atoms with Crippen molar-refractivity contribution in [3.63, 3.8) is 0 Å². The molecule has 3 saturated heterocycles. The normalized spacial score (nSPS) is 27.0. The maximum atomic E-state index is 12.0. The summed E-state index contributed by atoms with van der Waals surface area (Å²) in [6, 6.07) is 8.14. The Kier molecular flexibility index (Phi) is 5.05. The number of rotatable bonds is 5. The molecule has 118 valence electrons. The van der Waals surface area contributed by atoms with Gasteiger partial charge in [-0.15, -0.1) is 0 Å². The zero-order valence-corrected chi connectivity index (χ0v) is 13.6. The van der Waals surface area contributed by atoms with Crippen LogP contribution in [0.15, 0.2) is 40.6 Å². The van der Waals surface area contributed by atoms with Gasteiger partial charge in [-0.25, -0.2) is 0 Å². The number of nitrogens with zero attached hydrogens (tertiary/aromatic N) is 1. The topological polar surface area (TPSA) is 41.6 Å². The molecule has 3 fully saturated rings. The lowest BCUT2D eigenvalue weighted by molar-refractivity contribution is -0.118. The molecule has 0 spiro atoms. The van der Waals surface area contributed by atoms with Gasteiger partial charge in [0.1, 0.15) is 5.75 Å². The van der Waals surface area contributed by atoms with E-state index < -0.39 is 0 Å². The van der Waals surface area contributed by atoms with Gasteiger partial charge in [0.2, 0.25) is 5.91 Å². The third-order valence-electron chi connectivity index (χ3n) is 4.45. The number of carbonyl (C=O) groups is 1. The second kappa shape index (κ2) is 7.20. The first kappa shape index (κ1) is 15.4. The van der Waals surface area contributed by atoms with Crippen LogP contribution in [0.2, 0.25) is 0 Å². The van der Waals surface area contributed by atoms with Gasteiger partial charge in [-0.2, -0.15) is 0 Å². The summed E-state index contributed by atoms with van der Waals surface area (Å²) in [5.74, 6) is 1.50. The molecular formula is C17H22N2O2S. The molecule has 1 atom stereocenters. The molecule has 1 amide bonds. The number of ether oxygens (including phenoxy) is 1. The van der Waals surface area contributed by atoms with E-state index in [-0.39, 0.29) is 5.91 Å². The van der Waals surface area contributed by atoms with Crippen molar-refractivity contribution in [1.29, 1.82) is 0 Å². The maximum absolute atomic E-state index is 12.0. The Labute approximate surface area is 135 Å². The van der Waals surface area contributed by atoms with Gasteiger partial charge in [-0.1, -0.05) is 17.8 Å². The standard InChI is InChI=1S/C17H22N2O2S/c1-21-14-3-2-4-15(11-14)22-10-7-17(20)18-16-12-19-8-5-13(16)6-9-19/h2-4,7,10-11,13,16H,5-6,8-9,12H2,1H3,(H,18,20). The van der Waals surface area contributed by atoms with E-state index in [1.807, 2.05) is 29.7 Å². The Morgan fingerprint density at radius 3 is 2.91 bits per heavy atom. The van der Waals surface area contributed by atoms with Crippen LogP contribution in [0.3, 0.4) is 0 Å². The van der Waals surface area contributed by atoms with Gasteiger partial charge in [-0.3, -0.25) is 4.79 Å². The predicted octanol–water partition coefficient (Wildman–Crippen LogP) is 2.51. The van der Waals surface area contributed by atoms with Gasteiger partial charge >= 0.3 is 0 Å². The highest BCUT2D eigenvalue weighted by atomic mass is 32.2. The number of benzene rings is 1. The van der Waals surface area contributed by atoms with Gasteiger partial charge in [0.15, 0.2) is 0 Å². The minimum Gasteiger partial charge on any atom is -0.497 e. The lowest BCUT2D eigenvalue weighted by atomic mass is 9.84. The number of hydrogen-bond donors (Lipinski definition) is 1. The van der Waals surface area contributed by atoms with Gasteiger partial charge < -0.3 is 15.0 Å². The number of nitrogens with one attached hydrogen (secondary N) is 1. The van der Waals surface area contributed by atoms with Gasteiger partial charge in [-0.05, 0) is 55.5 Å². The number of carbonyl (C=O) groups excluding carboxylic acids is 1. The van der Waals surface area contributed by atoms with E-state index in [0.29, 0.717) is 12.0 Å². The third-order valence-corrected chi connectivity index (χ3v) is 5.25. The highest BCUT2D eigenvalue weighted by molar-refractivity contribution is 8.02. The van der Waals surface area contributed by atoms with Crippen LogP contribution >= 0.6 is 11.8 Å². The highest BCUT2D eigenvalue weighted by Gasteiger charge is 2.34. The third kappa shape index (κ3) is 3.84. The summed E-state index contributed by atoms with van der Waals surface area (Å²) >= 11 is 1.52. The summed E-state index contributed by atoms with van der Waals surface area (Å²) in [4.78, 5) is 15.6. The van der Waals surface area contributed by atoms with E-state index in [1.165, 1.54) is 37.7 Å². The van der Waals surface area contributed by atoms with Crippen molar-refractivity contribution in [2.75, 3.05) is 26.7 Å². The van der Waals surface area contributed by atoms with Gasteiger partial charge in [0.05, 0.1) is 7.11 Å². The summed E-state index contributed by atoms with van der Waals surface area (Å²) < 4.78 is 5.19. The fraction of sp³-hybridized carbons (Fsp3) is 0.471. The SMILES string of the molecule is COc1cccc(SC=CC(=O)NC2CN3CCC2CC3)c1. The second-order valence-electron chi connectivity index (χ2n) is 5.85. The van der Waals surface area contributed by atoms with Crippen molar-refractivity contribution in [2.24, 2.45) is 5.92 Å². The van der Waals surface area contributed by atoms with Crippen LogP contribution in [0, 0.1) is 5.92 Å². The van der Waals surface area contributed by atoms with Crippen molar-refractivity contribution in [3.05, 3.63) is 35.7 Å². The number of methoxy groups -OCH3 is 1. The molecule has 0 radical (unpaired) electrons. The number of piperidine rings is 3. The van der Waals surface area contributed by atoms with E-state index in [9.17, 15) is 4.79 Å². The van der Waals surface area contributed by atoms with Crippen molar-refractivity contribution in [2.45, 2.75) is 23.8 Å². The predicted molar refractivity (Wildman–Crippen MR) is 89.1 cm³/mol. The first-order valence-electron chi connectivity index (χ1n) is 7.75. The number of amides is 1. The smallest absolute Gasteiger partial charge is 0.244 e. The summed E-state index contributed by atoms with van der Waals surface area (Å²) in [5.41, 5.74) is 0. The van der Waals surface area contributed by atoms with Crippen molar-refractivity contribution in [3.8, 4) is 5.75 Å². The van der Waals surface area contributed by atoms with E-state index >= 15 is 0 Å². The fourth-order valence-electron chi connectivity index (χ4n) is 3.21. The minimum absolute atomic E-state index is 0.00847. The molecule has 1 aromatic rings. The van der Waals surface area contributed by atoms with Crippen LogP contribution in [0.1, 0.15) is 12.8 Å². The quantitative estimate of drug-likeness (QED) is 0.669. The maximum Gasteiger partial charge on any atom is 0.244 e. The average molecular weight is 318 g/mol. The molecule has 1 aromatic carbocycles. The summed E-state index contributed by atoms with van der Waals surface area (Å²) in [6.45, 7) is 3.39. The zero-order chi connectivity index (χ0) is 15.4. The van der Waals surface area contributed by atoms with Crippen molar-refractivity contribution in [1.82, 2.24) is 10.2 Å². The number of thioether (sulfide) groups is 1.